The Labute approximate surface area is 305 Å². The average Bonchev–Trinajstić information content (AvgIpc) is 3.10. The van der Waals surface area contributed by atoms with E-state index in [1.54, 1.807) is 0 Å². The van der Waals surface area contributed by atoms with Crippen molar-refractivity contribution in [2.75, 3.05) is 9.80 Å². The minimum Gasteiger partial charge on any atom is -0.311 e. The minimum absolute atomic E-state index is 0.00713. The van der Waals surface area contributed by atoms with Crippen LogP contribution < -0.4 is 26.2 Å². The van der Waals surface area contributed by atoms with Crippen molar-refractivity contribution in [1.82, 2.24) is 0 Å². The summed E-state index contributed by atoms with van der Waals surface area (Å²) in [6.07, 6.45) is 0. The van der Waals surface area contributed by atoms with E-state index in [-0.39, 0.29) is 23.0 Å². The number of para-hydroxylation sites is 1. The molecule has 3 heteroatoms. The van der Waals surface area contributed by atoms with Crippen LogP contribution in [0.15, 0.2) is 133 Å². The van der Waals surface area contributed by atoms with Crippen molar-refractivity contribution in [2.45, 2.75) is 78.6 Å². The summed E-state index contributed by atoms with van der Waals surface area (Å²) in [7, 11) is 0. The molecule has 0 saturated heterocycles. The first kappa shape index (κ1) is 33.1. The fourth-order valence-corrected chi connectivity index (χ4v) is 8.06. The van der Waals surface area contributed by atoms with Gasteiger partial charge in [-0.2, -0.15) is 0 Å². The van der Waals surface area contributed by atoms with Gasteiger partial charge in [-0.05, 0) is 97.4 Å². The highest BCUT2D eigenvalue weighted by Crippen LogP contribution is 2.47. The molecular formula is C48H49BN2. The molecule has 254 valence electrons. The fourth-order valence-electron chi connectivity index (χ4n) is 8.06. The maximum absolute atomic E-state index is 2.54. The SMILES string of the molecule is CC(C)(C)c1ccc(N2c3ccc(C(C)(C)C)cc3B3c4cc(C(C)(C)C)ccc4N(c4ccccc4-c4ccccc4)c4cccc2c43)cc1. The van der Waals surface area contributed by atoms with E-state index in [1.165, 1.54) is 78.3 Å². The zero-order valence-corrected chi connectivity index (χ0v) is 31.7. The molecule has 2 aliphatic rings. The molecule has 8 rings (SSSR count). The van der Waals surface area contributed by atoms with Crippen LogP contribution in [0.25, 0.3) is 11.1 Å². The van der Waals surface area contributed by atoms with E-state index in [4.69, 9.17) is 0 Å². The van der Waals surface area contributed by atoms with Crippen LogP contribution in [0, 0.1) is 0 Å². The lowest BCUT2D eigenvalue weighted by Gasteiger charge is -2.45. The number of anilines is 6. The van der Waals surface area contributed by atoms with Crippen molar-refractivity contribution in [3.63, 3.8) is 0 Å². The standard InChI is InChI=1S/C48H49BN2/c1-46(2,3)33-22-26-36(27-23-33)50-41-28-24-34(47(4,5)6)30-38(41)49-39-31-35(48(7,8)9)25-29-42(39)51(44-21-15-20-43(50)45(44)49)40-19-14-13-18-37(40)32-16-11-10-12-17-32/h10-31H,1-9H3. The summed E-state index contributed by atoms with van der Waals surface area (Å²) >= 11 is 0. The maximum atomic E-state index is 2.54. The summed E-state index contributed by atoms with van der Waals surface area (Å²) in [5.41, 5.74) is 18.0. The molecule has 51 heavy (non-hydrogen) atoms. The molecular weight excluding hydrogens is 615 g/mol. The zero-order valence-electron chi connectivity index (χ0n) is 31.7. The normalized spacial score (nSPS) is 13.9. The van der Waals surface area contributed by atoms with Crippen LogP contribution in [-0.4, -0.2) is 6.71 Å². The van der Waals surface area contributed by atoms with Crippen molar-refractivity contribution >= 4 is 57.2 Å². The van der Waals surface area contributed by atoms with Crippen LogP contribution in [0.4, 0.5) is 34.1 Å². The highest BCUT2D eigenvalue weighted by atomic mass is 15.2. The number of benzene rings is 6. The average molecular weight is 665 g/mol. The van der Waals surface area contributed by atoms with E-state index in [2.05, 4.69) is 206 Å². The number of hydrogen-bond acceptors (Lipinski definition) is 2. The highest BCUT2D eigenvalue weighted by Gasteiger charge is 2.44. The molecule has 0 N–H and O–H groups in total. The Hall–Kier alpha value is -5.02. The largest absolute Gasteiger partial charge is 0.311 e. The summed E-state index contributed by atoms with van der Waals surface area (Å²) < 4.78 is 0. The monoisotopic (exact) mass is 664 g/mol. The van der Waals surface area contributed by atoms with Gasteiger partial charge in [0.2, 0.25) is 0 Å². The van der Waals surface area contributed by atoms with Crippen molar-refractivity contribution in [1.29, 1.82) is 0 Å². The Morgan fingerprint density at radius 3 is 1.43 bits per heavy atom. The predicted molar refractivity (Wildman–Crippen MR) is 222 cm³/mol. The summed E-state index contributed by atoms with van der Waals surface area (Å²) in [5.74, 6) is 0. The Balaban J connectivity index is 1.46. The van der Waals surface area contributed by atoms with Crippen LogP contribution >= 0.6 is 0 Å². The van der Waals surface area contributed by atoms with Crippen molar-refractivity contribution in [3.8, 4) is 11.1 Å². The lowest BCUT2D eigenvalue weighted by Crippen LogP contribution is -2.61. The first-order valence-electron chi connectivity index (χ1n) is 18.5. The minimum atomic E-state index is 0.00713. The number of rotatable bonds is 3. The first-order valence-corrected chi connectivity index (χ1v) is 18.5. The Morgan fingerprint density at radius 1 is 0.392 bits per heavy atom. The van der Waals surface area contributed by atoms with Gasteiger partial charge in [0, 0.05) is 34.0 Å². The number of fused-ring (bicyclic) bond motifs is 4. The molecule has 0 atom stereocenters. The molecule has 0 aromatic heterocycles. The smallest absolute Gasteiger partial charge is 0.252 e. The van der Waals surface area contributed by atoms with Crippen LogP contribution in [0.2, 0.25) is 0 Å². The third kappa shape index (κ3) is 5.59. The van der Waals surface area contributed by atoms with Crippen LogP contribution in [0.5, 0.6) is 0 Å². The second-order valence-electron chi connectivity index (χ2n) is 17.5. The predicted octanol–water partition coefficient (Wildman–Crippen LogP) is 11.3. The molecule has 0 fully saturated rings. The molecule has 0 radical (unpaired) electrons. The molecule has 6 aromatic rings. The van der Waals surface area contributed by atoms with Gasteiger partial charge >= 0.3 is 0 Å². The maximum Gasteiger partial charge on any atom is 0.252 e. The van der Waals surface area contributed by atoms with Gasteiger partial charge in [0.15, 0.2) is 0 Å². The molecule has 2 heterocycles. The van der Waals surface area contributed by atoms with E-state index >= 15 is 0 Å². The van der Waals surface area contributed by atoms with E-state index in [9.17, 15) is 0 Å². The molecule has 0 unspecified atom stereocenters. The second kappa shape index (κ2) is 11.8. The fraction of sp³-hybridized carbons (Fsp3) is 0.250. The van der Waals surface area contributed by atoms with Gasteiger partial charge in [0.25, 0.3) is 6.71 Å². The zero-order chi connectivity index (χ0) is 35.9. The lowest BCUT2D eigenvalue weighted by molar-refractivity contribution is 0.590. The first-order chi connectivity index (χ1) is 24.2. The molecule has 6 aromatic carbocycles. The summed E-state index contributed by atoms with van der Waals surface area (Å²) in [6, 6.07) is 50.4. The molecule has 0 amide bonds. The third-order valence-corrected chi connectivity index (χ3v) is 10.9. The molecule has 2 nitrogen and oxygen atoms in total. The Kier molecular flexibility index (Phi) is 7.65. The van der Waals surface area contributed by atoms with E-state index < -0.39 is 0 Å². The molecule has 2 aliphatic heterocycles. The van der Waals surface area contributed by atoms with E-state index in [1.807, 2.05) is 0 Å². The van der Waals surface area contributed by atoms with Crippen molar-refractivity contribution in [3.05, 3.63) is 150 Å². The summed E-state index contributed by atoms with van der Waals surface area (Å²) in [5, 5.41) is 0. The Morgan fingerprint density at radius 2 is 0.863 bits per heavy atom. The molecule has 0 aliphatic carbocycles. The van der Waals surface area contributed by atoms with Crippen LogP contribution in [0.3, 0.4) is 0 Å². The van der Waals surface area contributed by atoms with Gasteiger partial charge in [-0.25, -0.2) is 0 Å². The van der Waals surface area contributed by atoms with Gasteiger partial charge in [0.05, 0.1) is 5.69 Å². The van der Waals surface area contributed by atoms with Crippen molar-refractivity contribution < 1.29 is 0 Å². The second-order valence-corrected chi connectivity index (χ2v) is 17.5. The lowest BCUT2D eigenvalue weighted by atomic mass is 9.33. The van der Waals surface area contributed by atoms with Gasteiger partial charge in [-0.3, -0.25) is 0 Å². The number of hydrogen-bond donors (Lipinski definition) is 0. The van der Waals surface area contributed by atoms with Gasteiger partial charge in [0.1, 0.15) is 0 Å². The van der Waals surface area contributed by atoms with Gasteiger partial charge < -0.3 is 9.80 Å². The third-order valence-electron chi connectivity index (χ3n) is 10.9. The number of nitrogens with zero attached hydrogens (tertiary/aromatic N) is 2. The van der Waals surface area contributed by atoms with Gasteiger partial charge in [-0.1, -0.05) is 153 Å². The Bertz CT molecular complexity index is 2260. The topological polar surface area (TPSA) is 6.48 Å². The van der Waals surface area contributed by atoms with Crippen LogP contribution in [-0.2, 0) is 16.2 Å². The van der Waals surface area contributed by atoms with E-state index in [0.29, 0.717) is 0 Å². The molecule has 0 spiro atoms. The molecule has 0 saturated carbocycles. The summed E-state index contributed by atoms with van der Waals surface area (Å²) in [4.78, 5) is 5.06. The van der Waals surface area contributed by atoms with Crippen LogP contribution in [0.1, 0.15) is 79.0 Å². The quantitative estimate of drug-likeness (QED) is 0.174. The van der Waals surface area contributed by atoms with E-state index in [0.717, 1.165) is 0 Å². The highest BCUT2D eigenvalue weighted by molar-refractivity contribution is 7.00. The van der Waals surface area contributed by atoms with Crippen molar-refractivity contribution in [2.24, 2.45) is 0 Å². The molecule has 0 bridgehead atoms. The van der Waals surface area contributed by atoms with Gasteiger partial charge in [-0.15, -0.1) is 0 Å². The summed E-state index contributed by atoms with van der Waals surface area (Å²) in [6.45, 7) is 20.9.